The molecule has 0 saturated carbocycles. The zero-order valence-corrected chi connectivity index (χ0v) is 9.83. The summed E-state index contributed by atoms with van der Waals surface area (Å²) in [4.78, 5) is 4.36. The molecule has 0 aliphatic carbocycles. The third-order valence-electron chi connectivity index (χ3n) is 2.39. The van der Waals surface area contributed by atoms with E-state index in [-0.39, 0.29) is 0 Å². The second-order valence-electron chi connectivity index (χ2n) is 3.70. The highest BCUT2D eigenvalue weighted by atomic mass is 35.5. The van der Waals surface area contributed by atoms with Gasteiger partial charge in [0, 0.05) is 17.5 Å². The van der Waals surface area contributed by atoms with Crippen LogP contribution < -0.4 is 5.73 Å². The first-order valence-electron chi connectivity index (χ1n) is 5.14. The molecule has 0 spiro atoms. The minimum atomic E-state index is 0.502. The molecule has 0 amide bonds. The summed E-state index contributed by atoms with van der Waals surface area (Å²) in [6, 6.07) is 8.16. The number of aryl methyl sites for hydroxylation is 1. The third-order valence-corrected chi connectivity index (χ3v) is 2.69. The average Bonchev–Trinajstić information content (AvgIpc) is 2.26. The van der Waals surface area contributed by atoms with Crippen molar-refractivity contribution in [3.05, 3.63) is 46.6 Å². The van der Waals surface area contributed by atoms with Crippen LogP contribution in [0, 0.1) is 6.92 Å². The first-order valence-corrected chi connectivity index (χ1v) is 5.52. The molecule has 0 radical (unpaired) electrons. The fraction of sp³-hybridized carbons (Fsp3) is 0.154. The number of benzene rings is 1. The third kappa shape index (κ3) is 2.23. The lowest BCUT2D eigenvalue weighted by molar-refractivity contribution is 1.26. The van der Waals surface area contributed by atoms with E-state index in [0.29, 0.717) is 11.7 Å². The number of nitrogens with zero attached hydrogens (tertiary/aromatic N) is 1. The maximum atomic E-state index is 6.09. The Morgan fingerprint density at radius 3 is 2.94 bits per heavy atom. The van der Waals surface area contributed by atoms with Crippen LogP contribution in [0.2, 0.25) is 5.15 Å². The molecule has 3 heteroatoms. The quantitative estimate of drug-likeness (QED) is 0.808. The highest BCUT2D eigenvalue weighted by molar-refractivity contribution is 6.31. The minimum Gasteiger partial charge on any atom is -0.327 e. The average molecular weight is 233 g/mol. The van der Waals surface area contributed by atoms with Crippen LogP contribution in [0.3, 0.4) is 0 Å². The van der Waals surface area contributed by atoms with Crippen LogP contribution in [0.15, 0.2) is 30.3 Å². The maximum Gasteiger partial charge on any atom is 0.136 e. The standard InChI is InChI=1S/C13H13ClN2/c1-9-4-5-10-8-11(3-2-6-15)13(14)16-12(10)7-9/h2-5,7-8H,6,15H2,1H3. The van der Waals surface area contributed by atoms with Gasteiger partial charge in [-0.25, -0.2) is 4.98 Å². The Morgan fingerprint density at radius 2 is 2.19 bits per heavy atom. The number of aromatic nitrogens is 1. The minimum absolute atomic E-state index is 0.502. The molecule has 1 aromatic heterocycles. The van der Waals surface area contributed by atoms with Gasteiger partial charge >= 0.3 is 0 Å². The van der Waals surface area contributed by atoms with Crippen molar-refractivity contribution in [2.24, 2.45) is 5.73 Å². The number of hydrogen-bond donors (Lipinski definition) is 1. The van der Waals surface area contributed by atoms with Gasteiger partial charge < -0.3 is 5.73 Å². The van der Waals surface area contributed by atoms with E-state index in [2.05, 4.69) is 11.1 Å². The fourth-order valence-electron chi connectivity index (χ4n) is 1.58. The summed E-state index contributed by atoms with van der Waals surface area (Å²) in [5.41, 5.74) is 8.42. The number of hydrogen-bond acceptors (Lipinski definition) is 2. The molecule has 2 rings (SSSR count). The van der Waals surface area contributed by atoms with Gasteiger partial charge in [-0.05, 0) is 24.6 Å². The lowest BCUT2D eigenvalue weighted by Crippen LogP contribution is -1.92. The lowest BCUT2D eigenvalue weighted by atomic mass is 10.1. The smallest absolute Gasteiger partial charge is 0.136 e. The van der Waals surface area contributed by atoms with Crippen LogP contribution in [0.25, 0.3) is 17.0 Å². The van der Waals surface area contributed by atoms with Crippen molar-refractivity contribution >= 4 is 28.6 Å². The summed E-state index contributed by atoms with van der Waals surface area (Å²) in [6.45, 7) is 2.54. The number of pyridine rings is 1. The molecule has 2 nitrogen and oxygen atoms in total. The Hall–Kier alpha value is -1.38. The molecule has 1 heterocycles. The van der Waals surface area contributed by atoms with Gasteiger partial charge in [0.05, 0.1) is 5.52 Å². The Kier molecular flexibility index (Phi) is 3.22. The monoisotopic (exact) mass is 232 g/mol. The van der Waals surface area contributed by atoms with Gasteiger partial charge in [-0.2, -0.15) is 0 Å². The lowest BCUT2D eigenvalue weighted by Gasteiger charge is -2.03. The van der Waals surface area contributed by atoms with Crippen molar-refractivity contribution in [2.75, 3.05) is 6.54 Å². The largest absolute Gasteiger partial charge is 0.327 e. The number of halogens is 1. The number of rotatable bonds is 2. The summed E-state index contributed by atoms with van der Waals surface area (Å²) < 4.78 is 0. The normalized spacial score (nSPS) is 11.4. The fourth-order valence-corrected chi connectivity index (χ4v) is 1.79. The Balaban J connectivity index is 2.58. The SMILES string of the molecule is Cc1ccc2cc(C=CCN)c(Cl)nc2c1. The zero-order valence-electron chi connectivity index (χ0n) is 9.07. The van der Waals surface area contributed by atoms with E-state index in [4.69, 9.17) is 17.3 Å². The van der Waals surface area contributed by atoms with Crippen molar-refractivity contribution in [3.63, 3.8) is 0 Å². The summed E-state index contributed by atoms with van der Waals surface area (Å²) >= 11 is 6.09. The van der Waals surface area contributed by atoms with E-state index in [0.717, 1.165) is 16.5 Å². The predicted molar refractivity (Wildman–Crippen MR) is 69.6 cm³/mol. The summed E-state index contributed by atoms with van der Waals surface area (Å²) in [5.74, 6) is 0. The summed E-state index contributed by atoms with van der Waals surface area (Å²) in [6.07, 6.45) is 3.76. The molecule has 2 aromatic rings. The number of fused-ring (bicyclic) bond motifs is 1. The van der Waals surface area contributed by atoms with Gasteiger partial charge in [-0.3, -0.25) is 0 Å². The Labute approximate surface area is 99.7 Å². The van der Waals surface area contributed by atoms with Gasteiger partial charge in [0.25, 0.3) is 0 Å². The van der Waals surface area contributed by atoms with Crippen LogP contribution in [-0.4, -0.2) is 11.5 Å². The molecule has 0 aliphatic rings. The first-order chi connectivity index (χ1) is 7.70. The van der Waals surface area contributed by atoms with Crippen LogP contribution in [0.5, 0.6) is 0 Å². The molecule has 16 heavy (non-hydrogen) atoms. The van der Waals surface area contributed by atoms with Crippen molar-refractivity contribution in [1.29, 1.82) is 0 Å². The second-order valence-corrected chi connectivity index (χ2v) is 4.06. The molecule has 0 aliphatic heterocycles. The van der Waals surface area contributed by atoms with Crippen molar-refractivity contribution in [2.45, 2.75) is 6.92 Å². The van der Waals surface area contributed by atoms with E-state index in [1.807, 2.05) is 37.3 Å². The summed E-state index contributed by atoms with van der Waals surface area (Å²) in [7, 11) is 0. The molecule has 0 atom stereocenters. The van der Waals surface area contributed by atoms with Crippen molar-refractivity contribution < 1.29 is 0 Å². The van der Waals surface area contributed by atoms with E-state index in [1.165, 1.54) is 5.56 Å². The predicted octanol–water partition coefficient (Wildman–Crippen LogP) is 3.17. The molecule has 82 valence electrons. The maximum absolute atomic E-state index is 6.09. The van der Waals surface area contributed by atoms with Crippen LogP contribution in [0.4, 0.5) is 0 Å². The Morgan fingerprint density at radius 1 is 1.38 bits per heavy atom. The van der Waals surface area contributed by atoms with E-state index in [1.54, 1.807) is 0 Å². The molecular weight excluding hydrogens is 220 g/mol. The van der Waals surface area contributed by atoms with Gasteiger partial charge in [0.15, 0.2) is 0 Å². The van der Waals surface area contributed by atoms with Crippen LogP contribution in [0.1, 0.15) is 11.1 Å². The van der Waals surface area contributed by atoms with Crippen LogP contribution >= 0.6 is 11.6 Å². The van der Waals surface area contributed by atoms with E-state index >= 15 is 0 Å². The molecule has 0 fully saturated rings. The highest BCUT2D eigenvalue weighted by Gasteiger charge is 2.02. The van der Waals surface area contributed by atoms with Crippen LogP contribution in [-0.2, 0) is 0 Å². The molecule has 0 unspecified atom stereocenters. The van der Waals surface area contributed by atoms with E-state index in [9.17, 15) is 0 Å². The molecule has 0 saturated heterocycles. The summed E-state index contributed by atoms with van der Waals surface area (Å²) in [5, 5.41) is 1.61. The van der Waals surface area contributed by atoms with E-state index < -0.39 is 0 Å². The van der Waals surface area contributed by atoms with Gasteiger partial charge in [-0.15, -0.1) is 0 Å². The van der Waals surface area contributed by atoms with Gasteiger partial charge in [0.2, 0.25) is 0 Å². The molecule has 1 aromatic carbocycles. The first kappa shape index (κ1) is 11.1. The van der Waals surface area contributed by atoms with Gasteiger partial charge in [0.1, 0.15) is 5.15 Å². The van der Waals surface area contributed by atoms with Crippen molar-refractivity contribution in [3.8, 4) is 0 Å². The molecular formula is C13H13ClN2. The second kappa shape index (κ2) is 4.64. The Bertz CT molecular complexity index is 547. The highest BCUT2D eigenvalue weighted by Crippen LogP contribution is 2.22. The molecule has 2 N–H and O–H groups in total. The van der Waals surface area contributed by atoms with Gasteiger partial charge in [-0.1, -0.05) is 35.9 Å². The number of nitrogens with two attached hydrogens (primary N) is 1. The molecule has 0 bridgehead atoms. The topological polar surface area (TPSA) is 38.9 Å². The van der Waals surface area contributed by atoms with Crippen molar-refractivity contribution in [1.82, 2.24) is 4.98 Å². The zero-order chi connectivity index (χ0) is 11.5.